The third-order valence-electron chi connectivity index (χ3n) is 3.35. The molecular formula is C18H21NO2. The van der Waals surface area contributed by atoms with Crippen molar-refractivity contribution in [2.24, 2.45) is 0 Å². The van der Waals surface area contributed by atoms with Crippen molar-refractivity contribution < 1.29 is 9.53 Å². The van der Waals surface area contributed by atoms with Crippen LogP contribution in [-0.4, -0.2) is 12.0 Å². The molecule has 1 N–H and O–H groups in total. The number of para-hydroxylation sites is 1. The van der Waals surface area contributed by atoms with Crippen LogP contribution in [0.25, 0.3) is 0 Å². The predicted octanol–water partition coefficient (Wildman–Crippen LogP) is 3.39. The van der Waals surface area contributed by atoms with Crippen LogP contribution in [-0.2, 0) is 11.3 Å². The maximum atomic E-state index is 12.1. The van der Waals surface area contributed by atoms with Crippen LogP contribution in [0.3, 0.4) is 0 Å². The predicted molar refractivity (Wildman–Crippen MR) is 84.3 cm³/mol. The molecule has 0 radical (unpaired) electrons. The molecule has 1 atom stereocenters. The van der Waals surface area contributed by atoms with Crippen LogP contribution in [0.15, 0.2) is 48.5 Å². The van der Waals surface area contributed by atoms with Gasteiger partial charge in [-0.05, 0) is 38.0 Å². The number of aryl methyl sites for hydroxylation is 2. The number of nitrogens with one attached hydrogen (secondary N) is 1. The van der Waals surface area contributed by atoms with Gasteiger partial charge in [-0.3, -0.25) is 4.79 Å². The van der Waals surface area contributed by atoms with Gasteiger partial charge in [-0.25, -0.2) is 0 Å². The smallest absolute Gasteiger partial charge is 0.261 e. The lowest BCUT2D eigenvalue weighted by molar-refractivity contribution is -0.127. The minimum absolute atomic E-state index is 0.112. The lowest BCUT2D eigenvalue weighted by Crippen LogP contribution is -2.36. The summed E-state index contributed by atoms with van der Waals surface area (Å²) in [4.78, 5) is 12.1. The first-order valence-electron chi connectivity index (χ1n) is 7.12. The van der Waals surface area contributed by atoms with Gasteiger partial charge in [-0.15, -0.1) is 0 Å². The zero-order valence-corrected chi connectivity index (χ0v) is 12.7. The molecule has 2 aromatic rings. The monoisotopic (exact) mass is 283 g/mol. The standard InChI is InChI=1S/C18H21NO2/c1-13-8-10-16(11-9-13)12-19-18(20)15(3)21-17-7-5-4-6-14(17)2/h4-11,15H,12H2,1-3H3,(H,19,20). The van der Waals surface area contributed by atoms with Crippen LogP contribution < -0.4 is 10.1 Å². The minimum atomic E-state index is -0.517. The van der Waals surface area contributed by atoms with Crippen molar-refractivity contribution in [1.82, 2.24) is 5.32 Å². The number of ether oxygens (including phenoxy) is 1. The van der Waals surface area contributed by atoms with Crippen molar-refractivity contribution in [1.29, 1.82) is 0 Å². The molecule has 0 aromatic heterocycles. The van der Waals surface area contributed by atoms with E-state index in [1.807, 2.05) is 62.4 Å². The maximum Gasteiger partial charge on any atom is 0.261 e. The summed E-state index contributed by atoms with van der Waals surface area (Å²) in [5.41, 5.74) is 3.31. The first-order chi connectivity index (χ1) is 10.1. The Kier molecular flexibility index (Phi) is 4.99. The lowest BCUT2D eigenvalue weighted by Gasteiger charge is -2.16. The van der Waals surface area contributed by atoms with Gasteiger partial charge in [-0.2, -0.15) is 0 Å². The average Bonchev–Trinajstić information content (AvgIpc) is 2.48. The van der Waals surface area contributed by atoms with Crippen LogP contribution in [0.4, 0.5) is 0 Å². The number of hydrogen-bond acceptors (Lipinski definition) is 2. The molecule has 1 amide bonds. The van der Waals surface area contributed by atoms with E-state index in [1.165, 1.54) is 5.56 Å². The largest absolute Gasteiger partial charge is 0.481 e. The van der Waals surface area contributed by atoms with E-state index < -0.39 is 6.10 Å². The number of carbonyl (C=O) groups excluding carboxylic acids is 1. The molecule has 3 nitrogen and oxygen atoms in total. The van der Waals surface area contributed by atoms with Gasteiger partial charge in [0.2, 0.25) is 0 Å². The van der Waals surface area contributed by atoms with E-state index >= 15 is 0 Å². The Morgan fingerprint density at radius 1 is 1.10 bits per heavy atom. The van der Waals surface area contributed by atoms with Gasteiger partial charge in [0.1, 0.15) is 5.75 Å². The average molecular weight is 283 g/mol. The third kappa shape index (κ3) is 4.35. The number of amides is 1. The van der Waals surface area contributed by atoms with E-state index in [1.54, 1.807) is 6.92 Å². The highest BCUT2D eigenvalue weighted by atomic mass is 16.5. The molecule has 0 spiro atoms. The molecule has 0 bridgehead atoms. The first-order valence-corrected chi connectivity index (χ1v) is 7.12. The van der Waals surface area contributed by atoms with Crippen molar-refractivity contribution in [2.45, 2.75) is 33.4 Å². The van der Waals surface area contributed by atoms with Crippen LogP contribution in [0.1, 0.15) is 23.6 Å². The van der Waals surface area contributed by atoms with Gasteiger partial charge in [-0.1, -0.05) is 48.0 Å². The van der Waals surface area contributed by atoms with Crippen molar-refractivity contribution in [3.05, 3.63) is 65.2 Å². The van der Waals surface area contributed by atoms with Crippen molar-refractivity contribution in [3.63, 3.8) is 0 Å². The summed E-state index contributed by atoms with van der Waals surface area (Å²) in [6, 6.07) is 15.8. The summed E-state index contributed by atoms with van der Waals surface area (Å²) in [5, 5.41) is 2.89. The Balaban J connectivity index is 1.88. The molecule has 0 aliphatic rings. The summed E-state index contributed by atoms with van der Waals surface area (Å²) in [7, 11) is 0. The molecule has 0 saturated heterocycles. The Bertz CT molecular complexity index is 605. The molecular weight excluding hydrogens is 262 g/mol. The molecule has 0 saturated carbocycles. The SMILES string of the molecule is Cc1ccc(CNC(=O)C(C)Oc2ccccc2C)cc1. The molecule has 1 unspecified atom stereocenters. The molecule has 21 heavy (non-hydrogen) atoms. The second-order valence-corrected chi connectivity index (χ2v) is 5.23. The van der Waals surface area contributed by atoms with Crippen LogP contribution in [0, 0.1) is 13.8 Å². The molecule has 3 heteroatoms. The Labute approximate surface area is 126 Å². The van der Waals surface area contributed by atoms with E-state index in [4.69, 9.17) is 4.74 Å². The van der Waals surface area contributed by atoms with Gasteiger partial charge < -0.3 is 10.1 Å². The van der Waals surface area contributed by atoms with E-state index in [0.717, 1.165) is 16.9 Å². The fourth-order valence-corrected chi connectivity index (χ4v) is 1.97. The topological polar surface area (TPSA) is 38.3 Å². The summed E-state index contributed by atoms with van der Waals surface area (Å²) >= 11 is 0. The van der Waals surface area contributed by atoms with Gasteiger partial charge in [0.05, 0.1) is 0 Å². The highest BCUT2D eigenvalue weighted by molar-refractivity contribution is 5.80. The zero-order chi connectivity index (χ0) is 15.2. The van der Waals surface area contributed by atoms with E-state index in [9.17, 15) is 4.79 Å². The van der Waals surface area contributed by atoms with Crippen LogP contribution >= 0.6 is 0 Å². The molecule has 0 aliphatic carbocycles. The maximum absolute atomic E-state index is 12.1. The number of carbonyl (C=O) groups is 1. The highest BCUT2D eigenvalue weighted by Crippen LogP contribution is 2.17. The van der Waals surface area contributed by atoms with Gasteiger partial charge >= 0.3 is 0 Å². The van der Waals surface area contributed by atoms with Crippen LogP contribution in [0.2, 0.25) is 0 Å². The fraction of sp³-hybridized carbons (Fsp3) is 0.278. The Hall–Kier alpha value is -2.29. The second-order valence-electron chi connectivity index (χ2n) is 5.23. The second kappa shape index (κ2) is 6.93. The Morgan fingerprint density at radius 3 is 2.43 bits per heavy atom. The van der Waals surface area contributed by atoms with E-state index in [-0.39, 0.29) is 5.91 Å². The van der Waals surface area contributed by atoms with Crippen molar-refractivity contribution in [2.75, 3.05) is 0 Å². The van der Waals surface area contributed by atoms with Crippen molar-refractivity contribution >= 4 is 5.91 Å². The molecule has 2 rings (SSSR count). The first kappa shape index (κ1) is 15.1. The summed E-state index contributed by atoms with van der Waals surface area (Å²) in [5.74, 6) is 0.634. The fourth-order valence-electron chi connectivity index (χ4n) is 1.97. The molecule has 0 aliphatic heterocycles. The van der Waals surface area contributed by atoms with Crippen molar-refractivity contribution in [3.8, 4) is 5.75 Å². The van der Waals surface area contributed by atoms with Gasteiger partial charge in [0.25, 0.3) is 5.91 Å². The number of hydrogen-bond donors (Lipinski definition) is 1. The minimum Gasteiger partial charge on any atom is -0.481 e. The summed E-state index contributed by atoms with van der Waals surface area (Å²) in [6.45, 7) is 6.28. The summed E-state index contributed by atoms with van der Waals surface area (Å²) in [6.07, 6.45) is -0.517. The zero-order valence-electron chi connectivity index (χ0n) is 12.7. The highest BCUT2D eigenvalue weighted by Gasteiger charge is 2.14. The van der Waals surface area contributed by atoms with E-state index in [2.05, 4.69) is 5.32 Å². The molecule has 0 heterocycles. The molecule has 110 valence electrons. The van der Waals surface area contributed by atoms with Crippen LogP contribution in [0.5, 0.6) is 5.75 Å². The Morgan fingerprint density at radius 2 is 1.76 bits per heavy atom. The van der Waals surface area contributed by atoms with E-state index in [0.29, 0.717) is 6.54 Å². The number of rotatable bonds is 5. The lowest BCUT2D eigenvalue weighted by atomic mass is 10.1. The molecule has 2 aromatic carbocycles. The normalized spacial score (nSPS) is 11.8. The number of benzene rings is 2. The van der Waals surface area contributed by atoms with Gasteiger partial charge in [0.15, 0.2) is 6.10 Å². The summed E-state index contributed by atoms with van der Waals surface area (Å²) < 4.78 is 5.70. The van der Waals surface area contributed by atoms with Gasteiger partial charge in [0, 0.05) is 6.54 Å². The third-order valence-corrected chi connectivity index (χ3v) is 3.35. The quantitative estimate of drug-likeness (QED) is 0.913. The molecule has 0 fully saturated rings.